The van der Waals surface area contributed by atoms with Crippen LogP contribution in [0.3, 0.4) is 0 Å². The van der Waals surface area contributed by atoms with Gasteiger partial charge in [0.15, 0.2) is 0 Å². The van der Waals surface area contributed by atoms with Crippen LogP contribution in [0.25, 0.3) is 22.6 Å². The average Bonchev–Trinajstić information content (AvgIpc) is 3.06. The highest BCUT2D eigenvalue weighted by Gasteiger charge is 2.21. The van der Waals surface area contributed by atoms with Crippen molar-refractivity contribution in [2.75, 3.05) is 5.32 Å². The van der Waals surface area contributed by atoms with Crippen LogP contribution in [0.15, 0.2) is 53.3 Å². The molecule has 2 heterocycles. The van der Waals surface area contributed by atoms with Crippen LogP contribution in [-0.2, 0) is 16.1 Å². The van der Waals surface area contributed by atoms with E-state index in [0.717, 1.165) is 11.1 Å². The minimum Gasteiger partial charge on any atom is -0.474 e. The third-order valence-electron chi connectivity index (χ3n) is 4.44. The molecule has 0 atom stereocenters. The molecule has 0 bridgehead atoms. The minimum atomic E-state index is -1.59. The molecule has 7 nitrogen and oxygen atoms in total. The highest BCUT2D eigenvalue weighted by Crippen LogP contribution is 2.28. The molecular formula is C20H15N3O4. The Kier molecular flexibility index (Phi) is 4.04. The Balaban J connectivity index is 1.78. The maximum absolute atomic E-state index is 12.9. The minimum absolute atomic E-state index is 0.210. The van der Waals surface area contributed by atoms with E-state index >= 15 is 0 Å². The molecule has 0 spiro atoms. The van der Waals surface area contributed by atoms with Crippen molar-refractivity contribution in [1.29, 1.82) is 0 Å². The smallest absolute Gasteiger partial charge is 0.394 e. The van der Waals surface area contributed by atoms with E-state index in [9.17, 15) is 14.4 Å². The van der Waals surface area contributed by atoms with Crippen molar-refractivity contribution in [2.24, 2.45) is 0 Å². The van der Waals surface area contributed by atoms with E-state index in [1.807, 2.05) is 36.4 Å². The van der Waals surface area contributed by atoms with Gasteiger partial charge in [0.05, 0.1) is 10.9 Å². The van der Waals surface area contributed by atoms with Gasteiger partial charge in [0.25, 0.3) is 5.56 Å². The predicted octanol–water partition coefficient (Wildman–Crippen LogP) is 2.36. The maximum atomic E-state index is 12.9. The van der Waals surface area contributed by atoms with Crippen LogP contribution < -0.4 is 10.9 Å². The summed E-state index contributed by atoms with van der Waals surface area (Å²) in [6, 6.07) is 14.4. The zero-order chi connectivity index (χ0) is 19.0. The number of anilines is 1. The number of hydrogen-bond donors (Lipinski definition) is 2. The van der Waals surface area contributed by atoms with Gasteiger partial charge in [-0.15, -0.1) is 0 Å². The lowest BCUT2D eigenvalue weighted by molar-refractivity contribution is -0.147. The summed E-state index contributed by atoms with van der Waals surface area (Å²) in [7, 11) is 0. The molecule has 134 valence electrons. The molecule has 0 saturated carbocycles. The van der Waals surface area contributed by atoms with Crippen LogP contribution in [0.1, 0.15) is 17.8 Å². The molecule has 7 heteroatoms. The van der Waals surface area contributed by atoms with Crippen LogP contribution in [0, 0.1) is 0 Å². The van der Waals surface area contributed by atoms with Crippen molar-refractivity contribution in [3.63, 3.8) is 0 Å². The number of carbonyl (C=O) groups excluding carboxylic acids is 1. The molecule has 0 radical (unpaired) electrons. The fraction of sp³-hybridized carbons (Fsp3) is 0.100. The number of rotatable bonds is 2. The highest BCUT2D eigenvalue weighted by molar-refractivity contribution is 6.36. The number of carboxylic acid groups (broad SMARTS) is 1. The standard InChI is InChI=1S/C20H15N3O4/c24-18(20(26)27)21-14-6-7-16-15(11-14)19(25)23-9-8-13(17(23)22-16)10-12-4-2-1-3-5-12/h1-7,10-11H,8-9H2,(H,21,24)(H,26,27)/b13-10+. The lowest BCUT2D eigenvalue weighted by Gasteiger charge is -2.08. The number of benzene rings is 2. The lowest BCUT2D eigenvalue weighted by Crippen LogP contribution is -2.23. The van der Waals surface area contributed by atoms with Gasteiger partial charge in [0.2, 0.25) is 0 Å². The molecule has 27 heavy (non-hydrogen) atoms. The predicted molar refractivity (Wildman–Crippen MR) is 101 cm³/mol. The molecule has 1 aromatic heterocycles. The molecule has 1 amide bonds. The summed E-state index contributed by atoms with van der Waals surface area (Å²) in [4.78, 5) is 39.5. The molecule has 0 fully saturated rings. The number of amides is 1. The zero-order valence-electron chi connectivity index (χ0n) is 14.2. The number of carboxylic acids is 1. The highest BCUT2D eigenvalue weighted by atomic mass is 16.4. The summed E-state index contributed by atoms with van der Waals surface area (Å²) < 4.78 is 1.61. The summed E-state index contributed by atoms with van der Waals surface area (Å²) in [5, 5.41) is 11.3. The van der Waals surface area contributed by atoms with Crippen molar-refractivity contribution in [3.05, 3.63) is 70.3 Å². The van der Waals surface area contributed by atoms with Gasteiger partial charge in [-0.05, 0) is 41.8 Å². The average molecular weight is 361 g/mol. The SMILES string of the molecule is O=C(O)C(=O)Nc1ccc2nc3n(c(=O)c2c1)CC/C3=C\c1ccccc1. The molecule has 1 aliphatic rings. The topological polar surface area (TPSA) is 101 Å². The quantitative estimate of drug-likeness (QED) is 0.683. The second-order valence-electron chi connectivity index (χ2n) is 6.21. The van der Waals surface area contributed by atoms with Crippen molar-refractivity contribution in [3.8, 4) is 0 Å². The Morgan fingerprint density at radius 3 is 2.67 bits per heavy atom. The fourth-order valence-electron chi connectivity index (χ4n) is 3.17. The first-order chi connectivity index (χ1) is 13.0. The molecule has 1 aliphatic heterocycles. The molecule has 0 aliphatic carbocycles. The summed E-state index contributed by atoms with van der Waals surface area (Å²) in [6.07, 6.45) is 2.73. The number of aliphatic carboxylic acids is 1. The van der Waals surface area contributed by atoms with Gasteiger partial charge in [-0.25, -0.2) is 9.78 Å². The van der Waals surface area contributed by atoms with Gasteiger partial charge in [-0.3, -0.25) is 14.2 Å². The van der Waals surface area contributed by atoms with Gasteiger partial charge in [-0.1, -0.05) is 30.3 Å². The van der Waals surface area contributed by atoms with Crippen molar-refractivity contribution >= 4 is 40.1 Å². The fourth-order valence-corrected chi connectivity index (χ4v) is 3.17. The number of hydrogen-bond acceptors (Lipinski definition) is 4. The van der Waals surface area contributed by atoms with E-state index in [4.69, 9.17) is 5.11 Å². The first-order valence-electron chi connectivity index (χ1n) is 8.38. The lowest BCUT2D eigenvalue weighted by atomic mass is 10.1. The van der Waals surface area contributed by atoms with Crippen LogP contribution >= 0.6 is 0 Å². The number of carbonyl (C=O) groups is 2. The second kappa shape index (κ2) is 6.53. The Bertz CT molecular complexity index is 1160. The van der Waals surface area contributed by atoms with Gasteiger partial charge >= 0.3 is 11.9 Å². The van der Waals surface area contributed by atoms with E-state index in [0.29, 0.717) is 29.7 Å². The number of fused-ring (bicyclic) bond motifs is 2. The second-order valence-corrected chi connectivity index (χ2v) is 6.21. The van der Waals surface area contributed by atoms with E-state index in [1.165, 1.54) is 12.1 Å². The molecular weight excluding hydrogens is 346 g/mol. The molecule has 2 aromatic carbocycles. The first kappa shape index (κ1) is 16.7. The van der Waals surface area contributed by atoms with E-state index in [1.54, 1.807) is 10.6 Å². The van der Waals surface area contributed by atoms with E-state index < -0.39 is 11.9 Å². The Hall–Kier alpha value is -3.74. The normalized spacial score (nSPS) is 14.3. The number of allylic oxidation sites excluding steroid dienone is 1. The monoisotopic (exact) mass is 361 g/mol. The van der Waals surface area contributed by atoms with Crippen molar-refractivity contribution in [1.82, 2.24) is 9.55 Å². The Labute approximate surface area is 153 Å². The van der Waals surface area contributed by atoms with Crippen molar-refractivity contribution in [2.45, 2.75) is 13.0 Å². The van der Waals surface area contributed by atoms with Crippen LogP contribution in [0.2, 0.25) is 0 Å². The van der Waals surface area contributed by atoms with E-state index in [-0.39, 0.29) is 11.2 Å². The van der Waals surface area contributed by atoms with Gasteiger partial charge in [-0.2, -0.15) is 0 Å². The summed E-state index contributed by atoms with van der Waals surface area (Å²) in [5.41, 5.74) is 2.57. The molecule has 3 aromatic rings. The van der Waals surface area contributed by atoms with Crippen molar-refractivity contribution < 1.29 is 14.7 Å². The Morgan fingerprint density at radius 1 is 1.15 bits per heavy atom. The van der Waals surface area contributed by atoms with Gasteiger partial charge in [0.1, 0.15) is 5.82 Å². The maximum Gasteiger partial charge on any atom is 0.394 e. The summed E-state index contributed by atoms with van der Waals surface area (Å²) >= 11 is 0. The number of nitrogens with one attached hydrogen (secondary N) is 1. The molecule has 4 rings (SSSR count). The molecule has 0 unspecified atom stereocenters. The van der Waals surface area contributed by atoms with Crippen LogP contribution in [-0.4, -0.2) is 26.5 Å². The third-order valence-corrected chi connectivity index (χ3v) is 4.44. The summed E-state index contributed by atoms with van der Waals surface area (Å²) in [6.45, 7) is 0.529. The van der Waals surface area contributed by atoms with E-state index in [2.05, 4.69) is 10.3 Å². The third kappa shape index (κ3) is 3.10. The largest absolute Gasteiger partial charge is 0.474 e. The van der Waals surface area contributed by atoms with Gasteiger partial charge < -0.3 is 10.4 Å². The van der Waals surface area contributed by atoms with Crippen LogP contribution in [0.5, 0.6) is 0 Å². The summed E-state index contributed by atoms with van der Waals surface area (Å²) in [5.74, 6) is -2.11. The zero-order valence-corrected chi connectivity index (χ0v) is 14.2. The van der Waals surface area contributed by atoms with Gasteiger partial charge in [0, 0.05) is 12.2 Å². The van der Waals surface area contributed by atoms with Crippen LogP contribution in [0.4, 0.5) is 5.69 Å². The molecule has 2 N–H and O–H groups in total. The first-order valence-corrected chi connectivity index (χ1v) is 8.38. The number of aromatic nitrogens is 2. The Morgan fingerprint density at radius 2 is 1.93 bits per heavy atom. The molecule has 0 saturated heterocycles. The number of nitrogens with zero attached hydrogens (tertiary/aromatic N) is 2.